The minimum atomic E-state index is -1.32. The Kier molecular flexibility index (Phi) is 7.88. The van der Waals surface area contributed by atoms with Crippen LogP contribution in [0.5, 0.6) is 0 Å². The summed E-state index contributed by atoms with van der Waals surface area (Å²) in [6.45, 7) is 13.0. The number of amidine groups is 1. The molecule has 1 aromatic rings. The molecule has 6 heterocycles. The van der Waals surface area contributed by atoms with Crippen LogP contribution in [-0.2, 0) is 14.9 Å². The first kappa shape index (κ1) is 30.4. The number of rotatable bonds is 2. The predicted molar refractivity (Wildman–Crippen MR) is 163 cm³/mol. The van der Waals surface area contributed by atoms with Gasteiger partial charge in [-0.3, -0.25) is 9.79 Å². The van der Waals surface area contributed by atoms with E-state index in [0.29, 0.717) is 25.6 Å². The number of alkyl halides is 1. The molecule has 5 fully saturated rings. The first-order chi connectivity index (χ1) is 19.7. The minimum absolute atomic E-state index is 0. The fraction of sp³-hybridized carbons (Fsp3) is 0.719. The van der Waals surface area contributed by atoms with E-state index in [1.165, 1.54) is 5.56 Å². The fourth-order valence-corrected chi connectivity index (χ4v) is 7.74. The molecule has 2 aliphatic carbocycles. The van der Waals surface area contributed by atoms with Crippen molar-refractivity contribution in [2.24, 2.45) is 10.9 Å². The number of aromatic nitrogens is 2. The lowest BCUT2D eigenvalue weighted by Crippen LogP contribution is -2.65. The number of fused-ring (bicyclic) bond motifs is 3. The summed E-state index contributed by atoms with van der Waals surface area (Å²) in [4.78, 5) is 34.5. The quantitative estimate of drug-likeness (QED) is 0.488. The summed E-state index contributed by atoms with van der Waals surface area (Å²) in [5.41, 5.74) is -0.379. The zero-order chi connectivity index (χ0) is 29.2. The van der Waals surface area contributed by atoms with Crippen LogP contribution in [0.15, 0.2) is 23.0 Å². The van der Waals surface area contributed by atoms with Crippen LogP contribution in [-0.4, -0.2) is 82.8 Å². The average molecular weight is 580 g/mol. The van der Waals surface area contributed by atoms with Gasteiger partial charge < -0.3 is 19.4 Å². The number of amides is 1. The molecule has 5 aliphatic heterocycles. The number of carbonyl (C=O) groups is 1. The molecule has 7 aliphatic rings. The number of carbonyl (C=O) groups excluding carboxylic acids is 1. The van der Waals surface area contributed by atoms with Gasteiger partial charge >= 0.3 is 0 Å². The van der Waals surface area contributed by atoms with Gasteiger partial charge in [0.1, 0.15) is 29.5 Å². The van der Waals surface area contributed by atoms with E-state index in [4.69, 9.17) is 19.7 Å². The van der Waals surface area contributed by atoms with Crippen LogP contribution in [0.2, 0.25) is 0 Å². The van der Waals surface area contributed by atoms with Crippen molar-refractivity contribution < 1.29 is 13.9 Å². The van der Waals surface area contributed by atoms with Crippen molar-refractivity contribution in [2.75, 3.05) is 42.6 Å². The maximum Gasteiger partial charge on any atom is 0.255 e. The molecule has 10 heteroatoms. The highest BCUT2D eigenvalue weighted by atomic mass is 19.1. The van der Waals surface area contributed by atoms with Crippen LogP contribution >= 0.6 is 0 Å². The third kappa shape index (κ3) is 4.59. The Morgan fingerprint density at radius 2 is 1.83 bits per heavy atom. The van der Waals surface area contributed by atoms with Crippen LogP contribution in [0.1, 0.15) is 86.1 Å². The number of anilines is 2. The summed E-state index contributed by atoms with van der Waals surface area (Å²) in [6, 6.07) is 2.34. The van der Waals surface area contributed by atoms with E-state index in [-0.39, 0.29) is 50.3 Å². The smallest absolute Gasteiger partial charge is 0.255 e. The largest absolute Gasteiger partial charge is 0.362 e. The van der Waals surface area contributed by atoms with Gasteiger partial charge in [0.25, 0.3) is 5.91 Å². The molecule has 42 heavy (non-hydrogen) atoms. The zero-order valence-electron chi connectivity index (χ0n) is 25.0. The number of piperazine rings is 1. The van der Waals surface area contributed by atoms with E-state index in [1.807, 2.05) is 24.8 Å². The van der Waals surface area contributed by atoms with Gasteiger partial charge in [-0.05, 0) is 45.1 Å². The molecule has 0 radical (unpaired) electrons. The van der Waals surface area contributed by atoms with Crippen LogP contribution < -0.4 is 9.80 Å². The van der Waals surface area contributed by atoms with Gasteiger partial charge in [-0.1, -0.05) is 34.6 Å². The first-order valence-corrected chi connectivity index (χ1v) is 15.3. The Bertz CT molecular complexity index is 1330. The standard InChI is InChI=1S/C29H36FN7O2.C2H6.CH4/c1-18-7-21(9-31)8-22(32-10-18)37-15-27(5-4-6-27)23-24(33-17-34-25(23)37)35-11-20(3)36(12-19(35)2)26(38)29-13-28(30,14-29)16-39-29;1-2;/h8,17-20H,4-7,10-16H2,1-3H3;1-2H3;1H4/t18?,19-,20+,28?,29?;;/m0../s1. The number of aliphatic imine (C=N–C) groups is 1. The molecular weight excluding hydrogens is 533 g/mol. The van der Waals surface area contributed by atoms with Crippen LogP contribution in [0.25, 0.3) is 0 Å². The van der Waals surface area contributed by atoms with Crippen molar-refractivity contribution in [3.63, 3.8) is 0 Å². The molecule has 1 spiro atoms. The fourth-order valence-electron chi connectivity index (χ4n) is 7.74. The van der Waals surface area contributed by atoms with Crippen molar-refractivity contribution >= 4 is 23.4 Å². The number of allylic oxidation sites excluding steroid dienone is 1. The second-order valence-corrected chi connectivity index (χ2v) is 13.0. The van der Waals surface area contributed by atoms with Gasteiger partial charge in [-0.15, -0.1) is 0 Å². The second-order valence-electron chi connectivity index (χ2n) is 13.0. The van der Waals surface area contributed by atoms with Crippen molar-refractivity contribution in [3.8, 4) is 6.07 Å². The molecule has 3 saturated heterocycles. The lowest BCUT2D eigenvalue weighted by molar-refractivity contribution is -0.161. The lowest BCUT2D eigenvalue weighted by atomic mass is 9.66. The van der Waals surface area contributed by atoms with E-state index >= 15 is 0 Å². The molecule has 0 aromatic carbocycles. The second kappa shape index (κ2) is 10.9. The van der Waals surface area contributed by atoms with Crippen molar-refractivity contribution in [3.05, 3.63) is 23.5 Å². The molecule has 0 N–H and O–H groups in total. The SMILES string of the molecule is C.CC.CC1CN=C(N2CC3(CCC3)c3c2ncnc3N2C[C@@H](C)N(C(=O)C34CC(F)(CO3)C4)C[C@@H]2C)C=C(C#N)C1. The normalized spacial score (nSPS) is 33.9. The van der Waals surface area contributed by atoms with Crippen LogP contribution in [0, 0.1) is 17.2 Å². The van der Waals surface area contributed by atoms with Crippen molar-refractivity contribution in [2.45, 2.75) is 109 Å². The number of nitrogens with zero attached hydrogens (tertiary/aromatic N) is 7. The molecule has 228 valence electrons. The minimum Gasteiger partial charge on any atom is -0.362 e. The number of halogens is 1. The monoisotopic (exact) mass is 579 g/mol. The number of hydrogen-bond acceptors (Lipinski definition) is 8. The lowest BCUT2D eigenvalue weighted by Gasteiger charge is -2.49. The summed E-state index contributed by atoms with van der Waals surface area (Å²) in [7, 11) is 0. The molecule has 3 atom stereocenters. The first-order valence-electron chi connectivity index (χ1n) is 15.3. The van der Waals surface area contributed by atoms with E-state index in [2.05, 4.69) is 36.6 Å². The molecule has 9 nitrogen and oxygen atoms in total. The van der Waals surface area contributed by atoms with Gasteiger partial charge in [0, 0.05) is 67.7 Å². The van der Waals surface area contributed by atoms with E-state index in [1.54, 1.807) is 6.33 Å². The van der Waals surface area contributed by atoms with Gasteiger partial charge in [0.05, 0.1) is 12.7 Å². The zero-order valence-corrected chi connectivity index (χ0v) is 25.0. The summed E-state index contributed by atoms with van der Waals surface area (Å²) in [6.07, 6.45) is 8.00. The highest BCUT2D eigenvalue weighted by molar-refractivity contribution is 6.08. The van der Waals surface area contributed by atoms with Gasteiger partial charge in [0.15, 0.2) is 5.60 Å². The van der Waals surface area contributed by atoms with E-state index in [0.717, 1.165) is 55.3 Å². The number of ether oxygens (including phenoxy) is 1. The van der Waals surface area contributed by atoms with E-state index in [9.17, 15) is 14.4 Å². The molecular formula is C32H46FN7O2. The molecule has 1 aromatic heterocycles. The predicted octanol–water partition coefficient (Wildman–Crippen LogP) is 4.97. The topological polar surface area (TPSA) is 98.0 Å². The Morgan fingerprint density at radius 1 is 1.12 bits per heavy atom. The van der Waals surface area contributed by atoms with Crippen molar-refractivity contribution in [1.29, 1.82) is 5.26 Å². The molecule has 1 unspecified atom stereocenters. The van der Waals surface area contributed by atoms with E-state index < -0.39 is 11.3 Å². The maximum absolute atomic E-state index is 14.4. The van der Waals surface area contributed by atoms with Gasteiger partial charge in [-0.2, -0.15) is 5.26 Å². The highest BCUT2D eigenvalue weighted by Crippen LogP contribution is 2.56. The summed E-state index contributed by atoms with van der Waals surface area (Å²) >= 11 is 0. The molecule has 8 rings (SSSR count). The van der Waals surface area contributed by atoms with Gasteiger partial charge in [0.2, 0.25) is 0 Å². The maximum atomic E-state index is 14.4. The summed E-state index contributed by atoms with van der Waals surface area (Å²) in [5.74, 6) is 2.92. The molecule has 2 saturated carbocycles. The van der Waals surface area contributed by atoms with Crippen LogP contribution in [0.4, 0.5) is 16.0 Å². The van der Waals surface area contributed by atoms with Crippen molar-refractivity contribution in [1.82, 2.24) is 14.9 Å². The third-order valence-corrected chi connectivity index (χ3v) is 9.94. The number of nitriles is 1. The highest BCUT2D eigenvalue weighted by Gasteiger charge is 2.68. The number of hydrogen-bond donors (Lipinski definition) is 0. The van der Waals surface area contributed by atoms with Gasteiger partial charge in [-0.25, -0.2) is 14.4 Å². The summed E-state index contributed by atoms with van der Waals surface area (Å²) in [5, 5.41) is 9.70. The molecule has 1 amide bonds. The average Bonchev–Trinajstić information content (AvgIpc) is 3.54. The Balaban J connectivity index is 0.00000115. The van der Waals surface area contributed by atoms with Crippen LogP contribution in [0.3, 0.4) is 0 Å². The summed E-state index contributed by atoms with van der Waals surface area (Å²) < 4.78 is 20.1. The Labute approximate surface area is 249 Å². The molecule has 2 bridgehead atoms. The Hall–Kier alpha value is -3.06. The third-order valence-electron chi connectivity index (χ3n) is 9.94. The Morgan fingerprint density at radius 3 is 2.45 bits per heavy atom.